The van der Waals surface area contributed by atoms with E-state index in [0.717, 1.165) is 29.0 Å². The van der Waals surface area contributed by atoms with Crippen LogP contribution < -0.4 is 25.4 Å². The number of fused-ring (bicyclic) bond motifs is 1. The van der Waals surface area contributed by atoms with Gasteiger partial charge in [0.05, 0.1) is 0 Å². The Kier molecular flexibility index (Phi) is 8.09. The van der Waals surface area contributed by atoms with Crippen molar-refractivity contribution in [3.8, 4) is 11.5 Å². The number of benzene rings is 2. The van der Waals surface area contributed by atoms with Crippen molar-refractivity contribution in [2.24, 2.45) is 0 Å². The van der Waals surface area contributed by atoms with Crippen LogP contribution in [0.3, 0.4) is 0 Å². The van der Waals surface area contributed by atoms with E-state index in [9.17, 15) is 14.0 Å². The molecule has 0 aromatic heterocycles. The number of hydrogen-bond acceptors (Lipinski definition) is 4. The average Bonchev–Trinajstić information content (AvgIpc) is 2.78. The Hall–Kier alpha value is -3.29. The van der Waals surface area contributed by atoms with Gasteiger partial charge in [-0.25, -0.2) is 9.18 Å². The fourth-order valence-electron chi connectivity index (χ4n) is 3.25. The van der Waals surface area contributed by atoms with Crippen molar-refractivity contribution < 1.29 is 23.5 Å². The highest BCUT2D eigenvalue weighted by Crippen LogP contribution is 2.30. The molecule has 2 aromatic carbocycles. The second-order valence-corrected chi connectivity index (χ2v) is 7.31. The third-order valence-electron chi connectivity index (χ3n) is 4.88. The van der Waals surface area contributed by atoms with E-state index in [4.69, 9.17) is 9.47 Å². The minimum absolute atomic E-state index is 0.226. The van der Waals surface area contributed by atoms with Crippen LogP contribution in [0.15, 0.2) is 42.5 Å². The summed E-state index contributed by atoms with van der Waals surface area (Å²) in [4.78, 5) is 24.8. The molecule has 8 heteroatoms. The summed E-state index contributed by atoms with van der Waals surface area (Å²) < 4.78 is 24.1. The Morgan fingerprint density at radius 2 is 1.71 bits per heavy atom. The van der Waals surface area contributed by atoms with Gasteiger partial charge >= 0.3 is 6.03 Å². The molecule has 3 N–H and O–H groups in total. The van der Waals surface area contributed by atoms with Gasteiger partial charge in [0.25, 0.3) is 0 Å². The molecule has 0 saturated carbocycles. The third kappa shape index (κ3) is 6.87. The molecular weight excluding hydrogens is 401 g/mol. The molecule has 0 aliphatic carbocycles. The van der Waals surface area contributed by atoms with Crippen LogP contribution in [-0.2, 0) is 17.8 Å². The predicted molar refractivity (Wildman–Crippen MR) is 115 cm³/mol. The number of ether oxygens (including phenoxy) is 2. The highest BCUT2D eigenvalue weighted by Gasteiger charge is 2.19. The van der Waals surface area contributed by atoms with Gasteiger partial charge in [-0.15, -0.1) is 0 Å². The maximum atomic E-state index is 13.0. The summed E-state index contributed by atoms with van der Waals surface area (Å²) in [5.74, 6) is 0.900. The minimum atomic E-state index is -0.626. The molecule has 3 rings (SSSR count). The number of hydrogen-bond donors (Lipinski definition) is 3. The summed E-state index contributed by atoms with van der Waals surface area (Å²) >= 11 is 0. The lowest BCUT2D eigenvalue weighted by molar-refractivity contribution is -0.123. The molecule has 1 heterocycles. The van der Waals surface area contributed by atoms with Crippen LogP contribution in [0.2, 0.25) is 0 Å². The van der Waals surface area contributed by atoms with Gasteiger partial charge in [-0.05, 0) is 48.2 Å². The van der Waals surface area contributed by atoms with E-state index in [1.807, 2.05) is 25.1 Å². The SMILES string of the molecule is CCCC(NC(=O)NCc1ccc(F)cc1)C(=O)NCCc1ccc2c(c1)OCCO2. The molecule has 1 aliphatic rings. The van der Waals surface area contributed by atoms with Crippen molar-refractivity contribution in [1.82, 2.24) is 16.0 Å². The highest BCUT2D eigenvalue weighted by molar-refractivity contribution is 5.86. The van der Waals surface area contributed by atoms with Gasteiger partial charge in [0.2, 0.25) is 5.91 Å². The zero-order valence-electron chi connectivity index (χ0n) is 17.6. The number of amides is 3. The first-order valence-electron chi connectivity index (χ1n) is 10.5. The van der Waals surface area contributed by atoms with Crippen LogP contribution in [0.25, 0.3) is 0 Å². The lowest BCUT2D eigenvalue weighted by atomic mass is 10.1. The second-order valence-electron chi connectivity index (χ2n) is 7.31. The molecular formula is C23H28FN3O4. The van der Waals surface area contributed by atoms with E-state index < -0.39 is 12.1 Å². The number of halogens is 1. The highest BCUT2D eigenvalue weighted by atomic mass is 19.1. The number of carbonyl (C=O) groups excluding carboxylic acids is 2. The van der Waals surface area contributed by atoms with Crippen LogP contribution >= 0.6 is 0 Å². The van der Waals surface area contributed by atoms with Crippen molar-refractivity contribution in [2.45, 2.75) is 38.8 Å². The smallest absolute Gasteiger partial charge is 0.315 e. The fraction of sp³-hybridized carbons (Fsp3) is 0.391. The molecule has 0 saturated heterocycles. The molecule has 31 heavy (non-hydrogen) atoms. The average molecular weight is 429 g/mol. The van der Waals surface area contributed by atoms with Crippen LogP contribution in [0.5, 0.6) is 11.5 Å². The van der Waals surface area contributed by atoms with Gasteiger partial charge in [-0.2, -0.15) is 0 Å². The molecule has 1 atom stereocenters. The maximum Gasteiger partial charge on any atom is 0.315 e. The van der Waals surface area contributed by atoms with E-state index in [1.165, 1.54) is 12.1 Å². The lowest BCUT2D eigenvalue weighted by Crippen LogP contribution is -2.50. The zero-order chi connectivity index (χ0) is 22.1. The first kappa shape index (κ1) is 22.4. The number of rotatable bonds is 9. The molecule has 0 bridgehead atoms. The second kappa shape index (κ2) is 11.2. The number of nitrogens with one attached hydrogen (secondary N) is 3. The predicted octanol–water partition coefficient (Wildman–Crippen LogP) is 2.92. The molecule has 0 radical (unpaired) electrons. The largest absolute Gasteiger partial charge is 0.486 e. The Bertz CT molecular complexity index is 889. The van der Waals surface area contributed by atoms with Crippen LogP contribution in [0, 0.1) is 5.82 Å². The summed E-state index contributed by atoms with van der Waals surface area (Å²) in [6.07, 6.45) is 1.91. The first-order valence-corrected chi connectivity index (χ1v) is 10.5. The van der Waals surface area contributed by atoms with Gasteiger partial charge in [0.1, 0.15) is 25.1 Å². The molecule has 0 spiro atoms. The quantitative estimate of drug-likeness (QED) is 0.572. The van der Waals surface area contributed by atoms with Crippen molar-refractivity contribution in [1.29, 1.82) is 0 Å². The minimum Gasteiger partial charge on any atom is -0.486 e. The summed E-state index contributed by atoms with van der Waals surface area (Å²) in [5, 5.41) is 8.30. The van der Waals surface area contributed by atoms with Gasteiger partial charge in [0.15, 0.2) is 11.5 Å². The monoisotopic (exact) mass is 429 g/mol. The zero-order valence-corrected chi connectivity index (χ0v) is 17.6. The Labute approximate surface area is 181 Å². The number of carbonyl (C=O) groups is 2. The maximum absolute atomic E-state index is 13.0. The van der Waals surface area contributed by atoms with E-state index >= 15 is 0 Å². The van der Waals surface area contributed by atoms with Gasteiger partial charge in [-0.3, -0.25) is 4.79 Å². The Morgan fingerprint density at radius 1 is 1.00 bits per heavy atom. The first-order chi connectivity index (χ1) is 15.0. The van der Waals surface area contributed by atoms with Crippen molar-refractivity contribution >= 4 is 11.9 Å². The van der Waals surface area contributed by atoms with Gasteiger partial charge < -0.3 is 25.4 Å². The summed E-state index contributed by atoms with van der Waals surface area (Å²) in [7, 11) is 0. The molecule has 7 nitrogen and oxygen atoms in total. The van der Waals surface area contributed by atoms with E-state index in [2.05, 4.69) is 16.0 Å². The summed E-state index contributed by atoms with van der Waals surface area (Å²) in [5.41, 5.74) is 1.80. The lowest BCUT2D eigenvalue weighted by Gasteiger charge is -2.20. The number of urea groups is 1. The molecule has 1 unspecified atom stereocenters. The van der Waals surface area contributed by atoms with Gasteiger partial charge in [0, 0.05) is 13.1 Å². The normalized spacial score (nSPS) is 13.2. The van der Waals surface area contributed by atoms with E-state index in [0.29, 0.717) is 32.6 Å². The van der Waals surface area contributed by atoms with Crippen LogP contribution in [0.4, 0.5) is 9.18 Å². The molecule has 0 fully saturated rings. The Morgan fingerprint density at radius 3 is 2.45 bits per heavy atom. The fourth-order valence-corrected chi connectivity index (χ4v) is 3.25. The van der Waals surface area contributed by atoms with Crippen LogP contribution in [0.1, 0.15) is 30.9 Å². The summed E-state index contributed by atoms with van der Waals surface area (Å²) in [6, 6.07) is 10.6. The third-order valence-corrected chi connectivity index (χ3v) is 4.88. The topological polar surface area (TPSA) is 88.7 Å². The van der Waals surface area contributed by atoms with Crippen molar-refractivity contribution in [3.05, 3.63) is 59.4 Å². The van der Waals surface area contributed by atoms with E-state index in [-0.39, 0.29) is 18.3 Å². The molecule has 2 aromatic rings. The molecule has 1 aliphatic heterocycles. The molecule has 166 valence electrons. The Balaban J connectivity index is 1.44. The van der Waals surface area contributed by atoms with Crippen molar-refractivity contribution in [3.63, 3.8) is 0 Å². The standard InChI is InChI=1S/C23H28FN3O4/c1-2-3-19(27-23(29)26-15-17-4-7-18(24)8-5-17)22(28)25-11-10-16-6-9-20-21(14-16)31-13-12-30-20/h4-9,14,19H,2-3,10-13,15H2,1H3,(H,25,28)(H2,26,27,29). The van der Waals surface area contributed by atoms with Crippen LogP contribution in [-0.4, -0.2) is 37.7 Å². The van der Waals surface area contributed by atoms with E-state index in [1.54, 1.807) is 12.1 Å². The molecule has 3 amide bonds. The van der Waals surface area contributed by atoms with Crippen molar-refractivity contribution in [2.75, 3.05) is 19.8 Å². The van der Waals surface area contributed by atoms with Gasteiger partial charge in [-0.1, -0.05) is 31.5 Å². The summed E-state index contributed by atoms with van der Waals surface area (Å²) in [6.45, 7) is 3.72.